The van der Waals surface area contributed by atoms with Crippen molar-refractivity contribution in [3.63, 3.8) is 0 Å². The van der Waals surface area contributed by atoms with Crippen LogP contribution in [0.15, 0.2) is 12.4 Å². The SMILES string of the molecule is O=C(O)C1N(C23CC4CC(CC(C4)C2)C3)C=CN1C12CC3CC(CC(C3)C1)C2. The third kappa shape index (κ3) is 2.10. The molecule has 0 aromatic heterocycles. The van der Waals surface area contributed by atoms with Crippen molar-refractivity contribution in [1.29, 1.82) is 0 Å². The van der Waals surface area contributed by atoms with Gasteiger partial charge in [0.1, 0.15) is 0 Å². The maximum atomic E-state index is 12.7. The molecule has 8 bridgehead atoms. The molecule has 8 aliphatic carbocycles. The largest absolute Gasteiger partial charge is 0.478 e. The molecular weight excluding hydrogens is 348 g/mol. The Morgan fingerprint density at radius 3 is 1.18 bits per heavy atom. The smallest absolute Gasteiger partial charge is 0.347 e. The number of hydrogen-bond donors (Lipinski definition) is 1. The van der Waals surface area contributed by atoms with Crippen molar-refractivity contribution in [2.45, 2.75) is 94.3 Å². The number of carboxylic acids is 1. The molecule has 4 nitrogen and oxygen atoms in total. The van der Waals surface area contributed by atoms with E-state index in [1.807, 2.05) is 0 Å². The molecule has 0 atom stereocenters. The first kappa shape index (κ1) is 16.6. The van der Waals surface area contributed by atoms with Gasteiger partial charge in [0.05, 0.1) is 0 Å². The van der Waals surface area contributed by atoms with E-state index in [9.17, 15) is 9.90 Å². The summed E-state index contributed by atoms with van der Waals surface area (Å²) in [6.45, 7) is 0. The number of hydrogen-bond acceptors (Lipinski definition) is 3. The summed E-state index contributed by atoms with van der Waals surface area (Å²) in [4.78, 5) is 17.4. The molecule has 8 fully saturated rings. The maximum absolute atomic E-state index is 12.7. The third-order valence-electron chi connectivity index (χ3n) is 10.2. The van der Waals surface area contributed by atoms with Gasteiger partial charge in [-0.05, 0) is 113 Å². The molecule has 0 unspecified atom stereocenters. The number of carbonyl (C=O) groups is 1. The van der Waals surface area contributed by atoms with Crippen LogP contribution >= 0.6 is 0 Å². The predicted octanol–water partition coefficient (Wildman–Crippen LogP) is 4.42. The fourth-order valence-corrected chi connectivity index (χ4v) is 10.3. The Bertz CT molecular complexity index is 618. The average molecular weight is 383 g/mol. The molecule has 1 heterocycles. The zero-order valence-electron chi connectivity index (χ0n) is 16.9. The van der Waals surface area contributed by atoms with Crippen LogP contribution in [-0.4, -0.2) is 38.1 Å². The Morgan fingerprint density at radius 1 is 0.643 bits per heavy atom. The van der Waals surface area contributed by atoms with Gasteiger partial charge in [0.15, 0.2) is 0 Å². The van der Waals surface area contributed by atoms with Gasteiger partial charge in [0.25, 0.3) is 0 Å². The number of aliphatic carboxylic acids is 1. The zero-order chi connectivity index (χ0) is 18.7. The van der Waals surface area contributed by atoms with Gasteiger partial charge in [-0.3, -0.25) is 0 Å². The Kier molecular flexibility index (Phi) is 3.13. The molecule has 0 radical (unpaired) electrons. The molecule has 0 aromatic carbocycles. The van der Waals surface area contributed by atoms with E-state index >= 15 is 0 Å². The van der Waals surface area contributed by atoms with Crippen molar-refractivity contribution >= 4 is 5.97 Å². The summed E-state index contributed by atoms with van der Waals surface area (Å²) in [5, 5.41) is 10.4. The topological polar surface area (TPSA) is 43.8 Å². The van der Waals surface area contributed by atoms with Crippen molar-refractivity contribution < 1.29 is 9.90 Å². The number of nitrogens with zero attached hydrogens (tertiary/aromatic N) is 2. The van der Waals surface area contributed by atoms with Crippen molar-refractivity contribution in [3.05, 3.63) is 12.4 Å². The standard InChI is InChI=1S/C24H34N2O2/c27-22(28)21-25(23-9-15-3-16(10-23)5-17(4-15)11-23)1-2-26(21)24-12-18-6-19(13-24)8-20(7-18)14-24/h1-2,15-21H,3-14H2,(H,27,28). The fraction of sp³-hybridized carbons (Fsp3) is 0.875. The lowest BCUT2D eigenvalue weighted by molar-refractivity contribution is -0.170. The van der Waals surface area contributed by atoms with Crippen LogP contribution in [0.25, 0.3) is 0 Å². The van der Waals surface area contributed by atoms with Crippen LogP contribution in [0.3, 0.4) is 0 Å². The third-order valence-corrected chi connectivity index (χ3v) is 10.2. The van der Waals surface area contributed by atoms with E-state index in [0.717, 1.165) is 35.5 Å². The molecule has 8 saturated carbocycles. The van der Waals surface area contributed by atoms with Crippen molar-refractivity contribution in [2.24, 2.45) is 35.5 Å². The Balaban J connectivity index is 1.24. The lowest BCUT2D eigenvalue weighted by Crippen LogP contribution is -2.67. The summed E-state index contributed by atoms with van der Waals surface area (Å²) >= 11 is 0. The van der Waals surface area contributed by atoms with Gasteiger partial charge in [-0.15, -0.1) is 0 Å². The zero-order valence-corrected chi connectivity index (χ0v) is 16.9. The van der Waals surface area contributed by atoms with E-state index in [2.05, 4.69) is 22.2 Å². The van der Waals surface area contributed by atoms with Gasteiger partial charge in [-0.25, -0.2) is 4.79 Å². The Labute approximate surface area is 168 Å². The summed E-state index contributed by atoms with van der Waals surface area (Å²) in [7, 11) is 0. The van der Waals surface area contributed by atoms with Crippen molar-refractivity contribution in [3.8, 4) is 0 Å². The summed E-state index contributed by atoms with van der Waals surface area (Å²) in [5.41, 5.74) is 0.261. The first-order valence-electron chi connectivity index (χ1n) is 12.0. The minimum absolute atomic E-state index is 0.130. The molecule has 0 amide bonds. The monoisotopic (exact) mass is 382 g/mol. The molecule has 0 aromatic rings. The van der Waals surface area contributed by atoms with Gasteiger partial charge in [-0.1, -0.05) is 0 Å². The Morgan fingerprint density at radius 2 is 0.929 bits per heavy atom. The van der Waals surface area contributed by atoms with E-state index in [1.54, 1.807) is 0 Å². The molecule has 1 aliphatic heterocycles. The molecule has 4 heteroatoms. The highest BCUT2D eigenvalue weighted by Crippen LogP contribution is 2.62. The normalized spacial score (nSPS) is 55.5. The summed E-state index contributed by atoms with van der Waals surface area (Å²) in [6, 6.07) is 0. The summed E-state index contributed by atoms with van der Waals surface area (Å²) in [5.74, 6) is 4.48. The van der Waals surface area contributed by atoms with E-state index < -0.39 is 12.1 Å². The van der Waals surface area contributed by atoms with E-state index in [0.29, 0.717) is 0 Å². The predicted molar refractivity (Wildman–Crippen MR) is 106 cm³/mol. The van der Waals surface area contributed by atoms with Crippen molar-refractivity contribution in [1.82, 2.24) is 9.80 Å². The second kappa shape index (κ2) is 5.29. The van der Waals surface area contributed by atoms with E-state index in [-0.39, 0.29) is 11.1 Å². The first-order chi connectivity index (χ1) is 13.5. The molecule has 0 saturated heterocycles. The molecular formula is C24H34N2O2. The number of rotatable bonds is 3. The molecule has 152 valence electrons. The van der Waals surface area contributed by atoms with Gasteiger partial charge in [0, 0.05) is 23.5 Å². The lowest BCUT2D eigenvalue weighted by atomic mass is 9.52. The minimum Gasteiger partial charge on any atom is -0.478 e. The van der Waals surface area contributed by atoms with Crippen LogP contribution in [0.4, 0.5) is 0 Å². The van der Waals surface area contributed by atoms with Crippen LogP contribution in [-0.2, 0) is 4.79 Å². The molecule has 9 rings (SSSR count). The quantitative estimate of drug-likeness (QED) is 0.784. The average Bonchev–Trinajstić information content (AvgIpc) is 3.06. The molecule has 0 spiro atoms. The summed E-state index contributed by atoms with van der Waals surface area (Å²) < 4.78 is 0. The van der Waals surface area contributed by atoms with Crippen LogP contribution < -0.4 is 0 Å². The highest BCUT2D eigenvalue weighted by molar-refractivity contribution is 5.74. The maximum Gasteiger partial charge on any atom is 0.347 e. The van der Waals surface area contributed by atoms with Crippen molar-refractivity contribution in [2.75, 3.05) is 0 Å². The van der Waals surface area contributed by atoms with Gasteiger partial charge >= 0.3 is 5.97 Å². The lowest BCUT2D eigenvalue weighted by Gasteiger charge is -2.63. The van der Waals surface area contributed by atoms with Crippen LogP contribution in [0, 0.1) is 35.5 Å². The summed E-state index contributed by atoms with van der Waals surface area (Å²) in [6.07, 6.45) is 19.9. The first-order valence-corrected chi connectivity index (χ1v) is 12.0. The molecule has 1 N–H and O–H groups in total. The van der Waals surface area contributed by atoms with E-state index in [4.69, 9.17) is 0 Å². The second-order valence-electron chi connectivity index (χ2n) is 12.1. The number of carboxylic acid groups (broad SMARTS) is 1. The van der Waals surface area contributed by atoms with Crippen LogP contribution in [0.2, 0.25) is 0 Å². The van der Waals surface area contributed by atoms with Crippen LogP contribution in [0.5, 0.6) is 0 Å². The molecule has 28 heavy (non-hydrogen) atoms. The fourth-order valence-electron chi connectivity index (χ4n) is 10.3. The second-order valence-corrected chi connectivity index (χ2v) is 12.1. The van der Waals surface area contributed by atoms with Gasteiger partial charge < -0.3 is 14.9 Å². The Hall–Kier alpha value is -1.19. The van der Waals surface area contributed by atoms with Gasteiger partial charge in [-0.2, -0.15) is 0 Å². The highest BCUT2D eigenvalue weighted by Gasteiger charge is 2.61. The highest BCUT2D eigenvalue weighted by atomic mass is 16.4. The van der Waals surface area contributed by atoms with Crippen LogP contribution in [0.1, 0.15) is 77.0 Å². The van der Waals surface area contributed by atoms with Gasteiger partial charge in [0.2, 0.25) is 6.17 Å². The minimum atomic E-state index is -0.614. The molecule has 9 aliphatic rings. The van der Waals surface area contributed by atoms with E-state index in [1.165, 1.54) is 77.0 Å².